The van der Waals surface area contributed by atoms with Crippen molar-refractivity contribution in [2.75, 3.05) is 12.8 Å². The molecule has 0 fully saturated rings. The third kappa shape index (κ3) is 4.66. The van der Waals surface area contributed by atoms with Gasteiger partial charge in [0.2, 0.25) is 0 Å². The number of nitrogen functional groups attached to an aromatic ring is 1. The number of rotatable bonds is 4. The molecule has 0 bridgehead atoms. The minimum atomic E-state index is -4.41. The molecule has 1 aromatic rings. The van der Waals surface area contributed by atoms with Crippen LogP contribution in [0.15, 0.2) is 23.1 Å². The van der Waals surface area contributed by atoms with Crippen LogP contribution in [0.4, 0.5) is 18.9 Å². The second-order valence-corrected chi connectivity index (χ2v) is 5.44. The van der Waals surface area contributed by atoms with Gasteiger partial charge in [-0.15, -0.1) is 11.8 Å². The standard InChI is InChI=1S/C12H14F3NO2S/c1-7(5-11(17)18-2)19-10-4-3-8(6-9(10)16)12(13,14)15/h3-4,6-7H,5,16H2,1-2H3. The molecule has 3 nitrogen and oxygen atoms in total. The third-order valence-electron chi connectivity index (χ3n) is 2.35. The molecule has 106 valence electrons. The Balaban J connectivity index is 2.78. The smallest absolute Gasteiger partial charge is 0.416 e. The van der Waals surface area contributed by atoms with E-state index < -0.39 is 11.7 Å². The SMILES string of the molecule is COC(=O)CC(C)Sc1ccc(C(F)(F)F)cc1N. The number of halogens is 3. The molecule has 0 radical (unpaired) electrons. The molecule has 0 heterocycles. The summed E-state index contributed by atoms with van der Waals surface area (Å²) in [5.41, 5.74) is 4.86. The number of anilines is 1. The lowest BCUT2D eigenvalue weighted by Gasteiger charge is -2.13. The van der Waals surface area contributed by atoms with Gasteiger partial charge in [-0.25, -0.2) is 0 Å². The second-order valence-electron chi connectivity index (χ2n) is 3.96. The Kier molecular flexibility index (Phi) is 5.11. The molecular weight excluding hydrogens is 279 g/mol. The minimum Gasteiger partial charge on any atom is -0.469 e. The molecule has 0 saturated carbocycles. The van der Waals surface area contributed by atoms with Gasteiger partial charge in [0.05, 0.1) is 19.1 Å². The molecule has 0 aliphatic carbocycles. The molecule has 0 aliphatic heterocycles. The van der Waals surface area contributed by atoms with Gasteiger partial charge in [0.15, 0.2) is 0 Å². The predicted octanol–water partition coefficient (Wildman–Crippen LogP) is 3.33. The van der Waals surface area contributed by atoms with Crippen LogP contribution in [0.1, 0.15) is 18.9 Å². The van der Waals surface area contributed by atoms with Gasteiger partial charge >= 0.3 is 12.1 Å². The lowest BCUT2D eigenvalue weighted by molar-refractivity contribution is -0.140. The van der Waals surface area contributed by atoms with Crippen molar-refractivity contribution >= 4 is 23.4 Å². The molecular formula is C12H14F3NO2S. The quantitative estimate of drug-likeness (QED) is 0.525. The Labute approximate surface area is 113 Å². The van der Waals surface area contributed by atoms with Crippen LogP contribution in [0.3, 0.4) is 0 Å². The summed E-state index contributed by atoms with van der Waals surface area (Å²) in [6.45, 7) is 1.78. The van der Waals surface area contributed by atoms with Gasteiger partial charge in [-0.1, -0.05) is 6.92 Å². The Hall–Kier alpha value is -1.37. The lowest BCUT2D eigenvalue weighted by atomic mass is 10.2. The fourth-order valence-corrected chi connectivity index (χ4v) is 2.40. The van der Waals surface area contributed by atoms with Crippen molar-refractivity contribution in [3.63, 3.8) is 0 Å². The van der Waals surface area contributed by atoms with E-state index in [1.807, 2.05) is 0 Å². The second kappa shape index (κ2) is 6.18. The van der Waals surface area contributed by atoms with Crippen molar-refractivity contribution in [2.45, 2.75) is 29.7 Å². The van der Waals surface area contributed by atoms with Gasteiger partial charge in [0.1, 0.15) is 0 Å². The fraction of sp³-hybridized carbons (Fsp3) is 0.417. The van der Waals surface area contributed by atoms with Crippen LogP contribution < -0.4 is 5.73 Å². The first-order valence-electron chi connectivity index (χ1n) is 5.44. The van der Waals surface area contributed by atoms with E-state index in [2.05, 4.69) is 4.74 Å². The minimum absolute atomic E-state index is 0.0524. The van der Waals surface area contributed by atoms with E-state index in [0.717, 1.165) is 12.1 Å². The van der Waals surface area contributed by atoms with Crippen LogP contribution in [0.25, 0.3) is 0 Å². The summed E-state index contributed by atoms with van der Waals surface area (Å²) < 4.78 is 41.9. The summed E-state index contributed by atoms with van der Waals surface area (Å²) in [6.07, 6.45) is -4.24. The zero-order chi connectivity index (χ0) is 14.6. The zero-order valence-electron chi connectivity index (χ0n) is 10.5. The zero-order valence-corrected chi connectivity index (χ0v) is 11.3. The first-order valence-corrected chi connectivity index (χ1v) is 6.32. The summed E-state index contributed by atoms with van der Waals surface area (Å²) in [5.74, 6) is -0.370. The Morgan fingerprint density at radius 1 is 1.47 bits per heavy atom. The first kappa shape index (κ1) is 15.7. The molecule has 1 rings (SSSR count). The van der Waals surface area contributed by atoms with Crippen molar-refractivity contribution in [3.05, 3.63) is 23.8 Å². The van der Waals surface area contributed by atoms with Gasteiger partial charge in [0.25, 0.3) is 0 Å². The highest BCUT2D eigenvalue weighted by Crippen LogP contribution is 2.36. The average Bonchev–Trinajstić information content (AvgIpc) is 2.30. The number of carbonyl (C=O) groups excluding carboxylic acids is 1. The normalized spacial score (nSPS) is 13.1. The predicted molar refractivity (Wildman–Crippen MR) is 67.8 cm³/mol. The molecule has 1 aromatic carbocycles. The molecule has 19 heavy (non-hydrogen) atoms. The lowest BCUT2D eigenvalue weighted by Crippen LogP contribution is -2.09. The van der Waals surface area contributed by atoms with Gasteiger partial charge in [-0.3, -0.25) is 4.79 Å². The van der Waals surface area contributed by atoms with Gasteiger partial charge < -0.3 is 10.5 Å². The van der Waals surface area contributed by atoms with Crippen molar-refractivity contribution < 1.29 is 22.7 Å². The van der Waals surface area contributed by atoms with Crippen LogP contribution in [-0.2, 0) is 15.7 Å². The maximum atomic E-state index is 12.5. The Morgan fingerprint density at radius 3 is 2.58 bits per heavy atom. The molecule has 0 amide bonds. The molecule has 0 saturated heterocycles. The number of carbonyl (C=O) groups is 1. The van der Waals surface area contributed by atoms with Crippen LogP contribution >= 0.6 is 11.8 Å². The summed E-state index contributed by atoms with van der Waals surface area (Å²) >= 11 is 1.24. The van der Waals surface area contributed by atoms with Gasteiger partial charge in [-0.05, 0) is 18.2 Å². The first-order chi connectivity index (χ1) is 8.74. The summed E-state index contributed by atoms with van der Waals surface area (Å²) in [4.78, 5) is 11.6. The van der Waals surface area contributed by atoms with Crippen molar-refractivity contribution in [1.82, 2.24) is 0 Å². The number of thioether (sulfide) groups is 1. The maximum Gasteiger partial charge on any atom is 0.416 e. The van der Waals surface area contributed by atoms with Gasteiger partial charge in [0, 0.05) is 15.8 Å². The molecule has 1 atom stereocenters. The number of esters is 1. The summed E-state index contributed by atoms with van der Waals surface area (Å²) in [5, 5.41) is -0.133. The highest BCUT2D eigenvalue weighted by Gasteiger charge is 2.30. The van der Waals surface area contributed by atoms with E-state index in [1.165, 1.54) is 24.9 Å². The Bertz CT molecular complexity index is 463. The molecule has 0 aliphatic rings. The Morgan fingerprint density at radius 2 is 2.11 bits per heavy atom. The third-order valence-corrected chi connectivity index (χ3v) is 3.54. The van der Waals surface area contributed by atoms with E-state index in [1.54, 1.807) is 6.92 Å². The summed E-state index contributed by atoms with van der Waals surface area (Å²) in [6, 6.07) is 3.19. The van der Waals surface area contributed by atoms with E-state index in [9.17, 15) is 18.0 Å². The molecule has 0 spiro atoms. The van der Waals surface area contributed by atoms with E-state index in [0.29, 0.717) is 4.90 Å². The van der Waals surface area contributed by atoms with Gasteiger partial charge in [-0.2, -0.15) is 13.2 Å². The molecule has 1 unspecified atom stereocenters. The molecule has 7 heteroatoms. The highest BCUT2D eigenvalue weighted by molar-refractivity contribution is 8.00. The monoisotopic (exact) mass is 293 g/mol. The number of benzene rings is 1. The number of methoxy groups -OCH3 is 1. The van der Waals surface area contributed by atoms with E-state index >= 15 is 0 Å². The highest BCUT2D eigenvalue weighted by atomic mass is 32.2. The van der Waals surface area contributed by atoms with Crippen LogP contribution in [-0.4, -0.2) is 18.3 Å². The maximum absolute atomic E-state index is 12.5. The number of hydrogen-bond donors (Lipinski definition) is 1. The van der Waals surface area contributed by atoms with Crippen molar-refractivity contribution in [2.24, 2.45) is 0 Å². The van der Waals surface area contributed by atoms with Crippen LogP contribution in [0.5, 0.6) is 0 Å². The topological polar surface area (TPSA) is 52.3 Å². The summed E-state index contributed by atoms with van der Waals surface area (Å²) in [7, 11) is 1.28. The van der Waals surface area contributed by atoms with E-state index in [-0.39, 0.29) is 23.3 Å². The van der Waals surface area contributed by atoms with Crippen molar-refractivity contribution in [3.8, 4) is 0 Å². The largest absolute Gasteiger partial charge is 0.469 e. The number of ether oxygens (including phenoxy) is 1. The molecule has 0 aromatic heterocycles. The average molecular weight is 293 g/mol. The van der Waals surface area contributed by atoms with E-state index in [4.69, 9.17) is 5.73 Å². The van der Waals surface area contributed by atoms with Crippen LogP contribution in [0.2, 0.25) is 0 Å². The number of alkyl halides is 3. The van der Waals surface area contributed by atoms with Crippen molar-refractivity contribution in [1.29, 1.82) is 0 Å². The number of nitrogens with two attached hydrogens (primary N) is 1. The number of hydrogen-bond acceptors (Lipinski definition) is 4. The molecule has 2 N–H and O–H groups in total. The fourth-order valence-electron chi connectivity index (χ4n) is 1.41. The van der Waals surface area contributed by atoms with Crippen LogP contribution in [0, 0.1) is 0 Å².